The second-order valence-electron chi connectivity index (χ2n) is 7.41. The van der Waals surface area contributed by atoms with E-state index in [4.69, 9.17) is 0 Å². The lowest BCUT2D eigenvalue weighted by atomic mass is 9.81. The van der Waals surface area contributed by atoms with E-state index in [1.807, 2.05) is 30.3 Å². The van der Waals surface area contributed by atoms with Crippen molar-refractivity contribution >= 4 is 34.1 Å². The normalized spacial score (nSPS) is 18.9. The third-order valence-corrected chi connectivity index (χ3v) is 5.47. The summed E-state index contributed by atoms with van der Waals surface area (Å²) in [6.45, 7) is 0. The van der Waals surface area contributed by atoms with Gasteiger partial charge in [0.25, 0.3) is 0 Å². The molecule has 2 amide bonds. The Morgan fingerprint density at radius 2 is 1.45 bits per heavy atom. The van der Waals surface area contributed by atoms with Gasteiger partial charge in [0, 0.05) is 29.1 Å². The molecule has 1 saturated carbocycles. The summed E-state index contributed by atoms with van der Waals surface area (Å²) < 4.78 is 13.0. The maximum Gasteiger partial charge on any atom is 0.227 e. The Hall–Kier alpha value is -3.28. The first-order valence-electron chi connectivity index (χ1n) is 9.81. The minimum atomic E-state index is -0.337. The average Bonchev–Trinajstić information content (AvgIpc) is 2.75. The van der Waals surface area contributed by atoms with Crippen LogP contribution in [-0.2, 0) is 9.59 Å². The fourth-order valence-corrected chi connectivity index (χ4v) is 3.84. The van der Waals surface area contributed by atoms with Crippen LogP contribution < -0.4 is 10.6 Å². The average molecular weight is 391 g/mol. The lowest BCUT2D eigenvalue weighted by Crippen LogP contribution is -2.32. The molecule has 29 heavy (non-hydrogen) atoms. The number of rotatable bonds is 4. The number of carbonyl (C=O) groups is 2. The van der Waals surface area contributed by atoms with Crippen molar-refractivity contribution in [2.75, 3.05) is 10.6 Å². The Morgan fingerprint density at radius 3 is 2.14 bits per heavy atom. The first-order chi connectivity index (χ1) is 14.1. The molecule has 1 aliphatic rings. The Kier molecular flexibility index (Phi) is 5.51. The van der Waals surface area contributed by atoms with Gasteiger partial charge in [-0.2, -0.15) is 0 Å². The largest absolute Gasteiger partial charge is 0.326 e. The Labute approximate surface area is 168 Å². The molecule has 1 aromatic heterocycles. The van der Waals surface area contributed by atoms with Crippen LogP contribution in [0.4, 0.5) is 15.8 Å². The highest BCUT2D eigenvalue weighted by molar-refractivity contribution is 6.01. The summed E-state index contributed by atoms with van der Waals surface area (Å²) in [5.41, 5.74) is 2.07. The van der Waals surface area contributed by atoms with E-state index in [-0.39, 0.29) is 29.5 Å². The highest BCUT2D eigenvalue weighted by Gasteiger charge is 2.30. The number of carbonyl (C=O) groups excluding carboxylic acids is 2. The van der Waals surface area contributed by atoms with E-state index in [9.17, 15) is 14.0 Å². The van der Waals surface area contributed by atoms with Crippen molar-refractivity contribution in [2.45, 2.75) is 25.7 Å². The molecular formula is C23H22FN3O2. The Balaban J connectivity index is 1.33. The molecule has 0 aliphatic heterocycles. The molecule has 6 heteroatoms. The van der Waals surface area contributed by atoms with Gasteiger partial charge in [0.15, 0.2) is 0 Å². The number of pyridine rings is 1. The lowest BCUT2D eigenvalue weighted by Gasteiger charge is -2.27. The molecule has 0 atom stereocenters. The van der Waals surface area contributed by atoms with Crippen LogP contribution in [-0.4, -0.2) is 16.8 Å². The number of fused-ring (bicyclic) bond motifs is 1. The molecule has 0 spiro atoms. The van der Waals surface area contributed by atoms with Crippen LogP contribution in [0.25, 0.3) is 10.9 Å². The topological polar surface area (TPSA) is 71.1 Å². The second-order valence-corrected chi connectivity index (χ2v) is 7.41. The number of hydrogen-bond donors (Lipinski definition) is 2. The molecule has 1 heterocycles. The molecule has 4 rings (SSSR count). The summed E-state index contributed by atoms with van der Waals surface area (Å²) in [4.78, 5) is 29.6. The molecule has 1 fully saturated rings. The molecule has 148 valence electrons. The lowest BCUT2D eigenvalue weighted by molar-refractivity contribution is -0.125. The van der Waals surface area contributed by atoms with E-state index in [0.717, 1.165) is 10.9 Å². The van der Waals surface area contributed by atoms with Gasteiger partial charge in [0.2, 0.25) is 11.8 Å². The van der Waals surface area contributed by atoms with Gasteiger partial charge in [0.1, 0.15) is 5.82 Å². The van der Waals surface area contributed by atoms with Crippen LogP contribution >= 0.6 is 0 Å². The Morgan fingerprint density at radius 1 is 0.828 bits per heavy atom. The minimum absolute atomic E-state index is 0.0273. The van der Waals surface area contributed by atoms with Crippen LogP contribution in [0.15, 0.2) is 60.8 Å². The molecule has 0 unspecified atom stereocenters. The number of amides is 2. The summed E-state index contributed by atoms with van der Waals surface area (Å²) in [5.74, 6) is -0.697. The quantitative estimate of drug-likeness (QED) is 0.674. The van der Waals surface area contributed by atoms with Crippen LogP contribution in [0, 0.1) is 17.7 Å². The van der Waals surface area contributed by atoms with Crippen molar-refractivity contribution in [1.29, 1.82) is 0 Å². The number of anilines is 2. The molecular weight excluding hydrogens is 369 g/mol. The maximum atomic E-state index is 13.0. The number of hydrogen-bond acceptors (Lipinski definition) is 3. The van der Waals surface area contributed by atoms with Gasteiger partial charge in [-0.25, -0.2) is 4.39 Å². The predicted octanol–water partition coefficient (Wildman–Crippen LogP) is 4.76. The van der Waals surface area contributed by atoms with E-state index < -0.39 is 0 Å². The molecule has 0 saturated heterocycles. The third kappa shape index (κ3) is 4.42. The van der Waals surface area contributed by atoms with Crippen LogP contribution in [0.5, 0.6) is 0 Å². The van der Waals surface area contributed by atoms with Crippen molar-refractivity contribution < 1.29 is 14.0 Å². The standard InChI is InChI=1S/C23H22FN3O2/c24-18-10-12-19(13-11-18)26-22(28)16-6-8-17(9-7-16)23(29)27-20-5-1-3-15-4-2-14-25-21(15)20/h1-5,10-14,16-17H,6-9H2,(H,26,28)(H,27,29). The first kappa shape index (κ1) is 19.1. The molecule has 1 aliphatic carbocycles. The smallest absolute Gasteiger partial charge is 0.227 e. The van der Waals surface area contributed by atoms with Crippen molar-refractivity contribution in [2.24, 2.45) is 11.8 Å². The summed E-state index contributed by atoms with van der Waals surface area (Å²) >= 11 is 0. The highest BCUT2D eigenvalue weighted by Crippen LogP contribution is 2.31. The number of nitrogens with zero attached hydrogens (tertiary/aromatic N) is 1. The fraction of sp³-hybridized carbons (Fsp3) is 0.261. The van der Waals surface area contributed by atoms with E-state index in [1.165, 1.54) is 12.1 Å². The summed E-state index contributed by atoms with van der Waals surface area (Å²) in [6, 6.07) is 15.3. The fourth-order valence-electron chi connectivity index (χ4n) is 3.84. The van der Waals surface area contributed by atoms with Gasteiger partial charge in [-0.05, 0) is 62.1 Å². The SMILES string of the molecule is O=C(Nc1ccc(F)cc1)C1CCC(C(=O)Nc2cccc3cccnc23)CC1. The number of nitrogens with one attached hydrogen (secondary N) is 2. The van der Waals surface area contributed by atoms with Gasteiger partial charge in [-0.15, -0.1) is 0 Å². The number of aromatic nitrogens is 1. The van der Waals surface area contributed by atoms with E-state index in [1.54, 1.807) is 18.3 Å². The van der Waals surface area contributed by atoms with Gasteiger partial charge in [-0.1, -0.05) is 18.2 Å². The van der Waals surface area contributed by atoms with E-state index in [2.05, 4.69) is 15.6 Å². The minimum Gasteiger partial charge on any atom is -0.326 e. The van der Waals surface area contributed by atoms with Crippen molar-refractivity contribution in [3.05, 3.63) is 66.6 Å². The predicted molar refractivity (Wildman–Crippen MR) is 111 cm³/mol. The zero-order valence-electron chi connectivity index (χ0n) is 15.9. The monoisotopic (exact) mass is 391 g/mol. The summed E-state index contributed by atoms with van der Waals surface area (Å²) in [7, 11) is 0. The zero-order valence-corrected chi connectivity index (χ0v) is 15.9. The van der Waals surface area contributed by atoms with Crippen molar-refractivity contribution in [3.63, 3.8) is 0 Å². The maximum absolute atomic E-state index is 13.0. The van der Waals surface area contributed by atoms with Crippen LogP contribution in [0.2, 0.25) is 0 Å². The molecule has 2 aromatic carbocycles. The zero-order chi connectivity index (χ0) is 20.2. The molecule has 0 radical (unpaired) electrons. The third-order valence-electron chi connectivity index (χ3n) is 5.47. The molecule has 0 bridgehead atoms. The van der Waals surface area contributed by atoms with Crippen molar-refractivity contribution in [3.8, 4) is 0 Å². The van der Waals surface area contributed by atoms with Gasteiger partial charge < -0.3 is 10.6 Å². The highest BCUT2D eigenvalue weighted by atomic mass is 19.1. The summed E-state index contributed by atoms with van der Waals surface area (Å²) in [6.07, 6.45) is 4.33. The molecule has 3 aromatic rings. The molecule has 2 N–H and O–H groups in total. The molecule has 5 nitrogen and oxygen atoms in total. The summed E-state index contributed by atoms with van der Waals surface area (Å²) in [5, 5.41) is 6.81. The first-order valence-corrected chi connectivity index (χ1v) is 9.81. The number of benzene rings is 2. The van der Waals surface area contributed by atoms with Crippen LogP contribution in [0.1, 0.15) is 25.7 Å². The number of halogens is 1. The van der Waals surface area contributed by atoms with Crippen molar-refractivity contribution in [1.82, 2.24) is 4.98 Å². The van der Waals surface area contributed by atoms with Gasteiger partial charge in [-0.3, -0.25) is 14.6 Å². The van der Waals surface area contributed by atoms with Crippen LogP contribution in [0.3, 0.4) is 0 Å². The van der Waals surface area contributed by atoms with E-state index >= 15 is 0 Å². The van der Waals surface area contributed by atoms with E-state index in [0.29, 0.717) is 37.1 Å². The Bertz CT molecular complexity index is 1020. The number of para-hydroxylation sites is 1. The van der Waals surface area contributed by atoms with Gasteiger partial charge >= 0.3 is 0 Å². The second kappa shape index (κ2) is 8.39. The van der Waals surface area contributed by atoms with Gasteiger partial charge in [0.05, 0.1) is 11.2 Å².